The highest BCUT2D eigenvalue weighted by atomic mass is 35.5. The number of aliphatic imine (C=N–C) groups is 1. The summed E-state index contributed by atoms with van der Waals surface area (Å²) in [6, 6.07) is 14.6. The SMILES string of the molecule is CCCCCCCN1C(=O)CC(C(=O)Nc2ccc(OCCCCCC)cc2)SC1=Nc1cccc(Cl)c1. The van der Waals surface area contributed by atoms with Gasteiger partial charge < -0.3 is 10.1 Å². The maximum Gasteiger partial charge on any atom is 0.238 e. The van der Waals surface area contributed by atoms with Crippen LogP contribution in [0.2, 0.25) is 5.02 Å². The number of halogens is 1. The molecule has 1 atom stereocenters. The van der Waals surface area contributed by atoms with Crippen molar-refractivity contribution in [1.29, 1.82) is 0 Å². The van der Waals surface area contributed by atoms with Crippen LogP contribution in [0.3, 0.4) is 0 Å². The molecule has 2 aromatic carbocycles. The number of thioether (sulfide) groups is 1. The maximum absolute atomic E-state index is 13.2. The average molecular weight is 558 g/mol. The molecule has 38 heavy (non-hydrogen) atoms. The van der Waals surface area contributed by atoms with E-state index >= 15 is 0 Å². The van der Waals surface area contributed by atoms with Crippen molar-refractivity contribution in [3.05, 3.63) is 53.6 Å². The second kappa shape index (κ2) is 16.5. The largest absolute Gasteiger partial charge is 0.494 e. The van der Waals surface area contributed by atoms with E-state index in [1.165, 1.54) is 43.9 Å². The van der Waals surface area contributed by atoms with E-state index in [1.54, 1.807) is 17.0 Å². The van der Waals surface area contributed by atoms with Gasteiger partial charge in [0.2, 0.25) is 11.8 Å². The molecule has 8 heteroatoms. The van der Waals surface area contributed by atoms with Crippen molar-refractivity contribution in [2.75, 3.05) is 18.5 Å². The lowest BCUT2D eigenvalue weighted by atomic mass is 10.1. The molecule has 0 aliphatic carbocycles. The van der Waals surface area contributed by atoms with Crippen LogP contribution in [-0.2, 0) is 9.59 Å². The van der Waals surface area contributed by atoms with Gasteiger partial charge in [0.1, 0.15) is 11.0 Å². The molecule has 1 aliphatic rings. The van der Waals surface area contributed by atoms with E-state index in [0.717, 1.165) is 31.4 Å². The van der Waals surface area contributed by atoms with Crippen LogP contribution < -0.4 is 10.1 Å². The number of anilines is 1. The lowest BCUT2D eigenvalue weighted by molar-refractivity contribution is -0.129. The van der Waals surface area contributed by atoms with Gasteiger partial charge in [0.25, 0.3) is 0 Å². The van der Waals surface area contributed by atoms with E-state index in [4.69, 9.17) is 21.3 Å². The number of carbonyl (C=O) groups excluding carboxylic acids is 2. The lowest BCUT2D eigenvalue weighted by Gasteiger charge is -2.32. The standard InChI is InChI=1S/C30H40ClN3O3S/c1-3-5-7-9-10-19-34-28(35)22-27(38-30(34)33-25-14-12-13-23(31)21-25)29(36)32-24-15-17-26(18-16-24)37-20-11-8-6-4-2/h12-18,21,27H,3-11,19-20,22H2,1-2H3,(H,32,36). The molecule has 3 rings (SSSR count). The third-order valence-corrected chi connectivity index (χ3v) is 7.76. The summed E-state index contributed by atoms with van der Waals surface area (Å²) in [5.41, 5.74) is 1.34. The molecule has 1 aliphatic heterocycles. The summed E-state index contributed by atoms with van der Waals surface area (Å²) in [4.78, 5) is 32.8. The zero-order chi connectivity index (χ0) is 27.2. The third kappa shape index (κ3) is 9.99. The third-order valence-electron chi connectivity index (χ3n) is 6.34. The van der Waals surface area contributed by atoms with Crippen molar-refractivity contribution >= 4 is 51.7 Å². The molecule has 206 valence electrons. The zero-order valence-corrected chi connectivity index (χ0v) is 24.2. The molecule has 6 nitrogen and oxygen atoms in total. The number of nitrogens with one attached hydrogen (secondary N) is 1. The lowest BCUT2D eigenvalue weighted by Crippen LogP contribution is -2.45. The molecule has 2 aromatic rings. The molecule has 0 aromatic heterocycles. The minimum absolute atomic E-state index is 0.0769. The van der Waals surface area contributed by atoms with E-state index in [2.05, 4.69) is 19.2 Å². The van der Waals surface area contributed by atoms with Gasteiger partial charge in [0.15, 0.2) is 5.17 Å². The molecule has 1 heterocycles. The summed E-state index contributed by atoms with van der Waals surface area (Å²) < 4.78 is 5.80. The Morgan fingerprint density at radius 3 is 2.45 bits per heavy atom. The fourth-order valence-corrected chi connectivity index (χ4v) is 5.48. The Hall–Kier alpha value is -2.51. The number of hydrogen-bond acceptors (Lipinski definition) is 5. The highest BCUT2D eigenvalue weighted by Gasteiger charge is 2.35. The highest BCUT2D eigenvalue weighted by molar-refractivity contribution is 8.15. The van der Waals surface area contributed by atoms with E-state index < -0.39 is 5.25 Å². The van der Waals surface area contributed by atoms with Crippen LogP contribution in [0.1, 0.15) is 78.1 Å². The molecular formula is C30H40ClN3O3S. The molecule has 0 radical (unpaired) electrons. The molecular weight excluding hydrogens is 518 g/mol. The first-order valence-electron chi connectivity index (χ1n) is 13.8. The summed E-state index contributed by atoms with van der Waals surface area (Å²) in [6.07, 6.45) is 10.3. The number of ether oxygens (including phenoxy) is 1. The topological polar surface area (TPSA) is 71.0 Å². The maximum atomic E-state index is 13.2. The van der Waals surface area contributed by atoms with E-state index in [-0.39, 0.29) is 18.2 Å². The number of hydrogen-bond donors (Lipinski definition) is 1. The summed E-state index contributed by atoms with van der Waals surface area (Å²) >= 11 is 7.49. The van der Waals surface area contributed by atoms with Gasteiger partial charge >= 0.3 is 0 Å². The van der Waals surface area contributed by atoms with Crippen molar-refractivity contribution in [2.24, 2.45) is 4.99 Å². The van der Waals surface area contributed by atoms with Gasteiger partial charge in [-0.25, -0.2) is 4.99 Å². The molecule has 2 amide bonds. The van der Waals surface area contributed by atoms with E-state index in [9.17, 15) is 9.59 Å². The Morgan fingerprint density at radius 1 is 1.03 bits per heavy atom. The first-order valence-corrected chi connectivity index (χ1v) is 15.1. The smallest absolute Gasteiger partial charge is 0.238 e. The van der Waals surface area contributed by atoms with Crippen LogP contribution >= 0.6 is 23.4 Å². The number of amides is 2. The minimum Gasteiger partial charge on any atom is -0.494 e. The Kier molecular flexibility index (Phi) is 13.0. The van der Waals surface area contributed by atoms with Gasteiger partial charge in [-0.1, -0.05) is 88.2 Å². The number of benzene rings is 2. The van der Waals surface area contributed by atoms with Crippen LogP contribution in [0.25, 0.3) is 0 Å². The fraction of sp³-hybridized carbons (Fsp3) is 0.500. The predicted octanol–water partition coefficient (Wildman–Crippen LogP) is 8.23. The Bertz CT molecular complexity index is 1060. The van der Waals surface area contributed by atoms with Crippen molar-refractivity contribution in [3.63, 3.8) is 0 Å². The Labute approximate surface area is 236 Å². The van der Waals surface area contributed by atoms with Gasteiger partial charge in [0, 0.05) is 23.7 Å². The number of carbonyl (C=O) groups is 2. The molecule has 0 bridgehead atoms. The zero-order valence-electron chi connectivity index (χ0n) is 22.6. The van der Waals surface area contributed by atoms with Gasteiger partial charge in [-0.3, -0.25) is 14.5 Å². The first kappa shape index (κ1) is 30.0. The van der Waals surface area contributed by atoms with E-state index in [0.29, 0.717) is 34.7 Å². The molecule has 1 saturated heterocycles. The van der Waals surface area contributed by atoms with Crippen LogP contribution in [0, 0.1) is 0 Å². The molecule has 1 fully saturated rings. The highest BCUT2D eigenvalue weighted by Crippen LogP contribution is 2.31. The number of amidine groups is 1. The number of nitrogens with zero attached hydrogens (tertiary/aromatic N) is 2. The van der Waals surface area contributed by atoms with Crippen molar-refractivity contribution in [3.8, 4) is 5.75 Å². The summed E-state index contributed by atoms with van der Waals surface area (Å²) in [5, 5.41) is 3.52. The summed E-state index contributed by atoms with van der Waals surface area (Å²) in [6.45, 7) is 5.66. The Morgan fingerprint density at radius 2 is 1.74 bits per heavy atom. The predicted molar refractivity (Wildman–Crippen MR) is 160 cm³/mol. The van der Waals surface area contributed by atoms with Crippen LogP contribution in [0.5, 0.6) is 5.75 Å². The molecule has 0 spiro atoms. The summed E-state index contributed by atoms with van der Waals surface area (Å²) in [7, 11) is 0. The molecule has 0 saturated carbocycles. The molecule has 1 N–H and O–H groups in total. The fourth-order valence-electron chi connectivity index (χ4n) is 4.17. The van der Waals surface area contributed by atoms with Crippen LogP contribution in [0.15, 0.2) is 53.5 Å². The van der Waals surface area contributed by atoms with Gasteiger partial charge in [-0.15, -0.1) is 0 Å². The van der Waals surface area contributed by atoms with Crippen molar-refractivity contribution < 1.29 is 14.3 Å². The quantitative estimate of drug-likeness (QED) is 0.224. The first-order chi connectivity index (χ1) is 18.5. The second-order valence-electron chi connectivity index (χ2n) is 9.57. The number of unbranched alkanes of at least 4 members (excludes halogenated alkanes) is 7. The normalized spacial score (nSPS) is 16.6. The Balaban J connectivity index is 1.63. The van der Waals surface area contributed by atoms with Gasteiger partial charge in [-0.05, 0) is 55.3 Å². The second-order valence-corrected chi connectivity index (χ2v) is 11.2. The molecule has 1 unspecified atom stereocenters. The summed E-state index contributed by atoms with van der Waals surface area (Å²) in [5.74, 6) is 0.497. The van der Waals surface area contributed by atoms with Crippen molar-refractivity contribution in [1.82, 2.24) is 4.90 Å². The van der Waals surface area contributed by atoms with Crippen molar-refractivity contribution in [2.45, 2.75) is 83.3 Å². The van der Waals surface area contributed by atoms with Crippen LogP contribution in [0.4, 0.5) is 11.4 Å². The minimum atomic E-state index is -0.564. The van der Waals surface area contributed by atoms with Gasteiger partial charge in [0.05, 0.1) is 12.3 Å². The van der Waals surface area contributed by atoms with Gasteiger partial charge in [-0.2, -0.15) is 0 Å². The average Bonchev–Trinajstić information content (AvgIpc) is 2.90. The van der Waals surface area contributed by atoms with Crippen LogP contribution in [-0.4, -0.2) is 40.3 Å². The monoisotopic (exact) mass is 557 g/mol. The van der Waals surface area contributed by atoms with E-state index in [1.807, 2.05) is 36.4 Å². The number of rotatable bonds is 15.